The molecule has 1 aromatic rings. The van der Waals surface area contributed by atoms with Gasteiger partial charge in [0.05, 0.1) is 5.69 Å². The fourth-order valence-electron chi connectivity index (χ4n) is 1.48. The Morgan fingerprint density at radius 1 is 1.39 bits per heavy atom. The number of aliphatic carboxylic acids is 1. The summed E-state index contributed by atoms with van der Waals surface area (Å²) in [6.07, 6.45) is 0.902. The Bertz CT molecular complexity index is 517. The Kier molecular flexibility index (Phi) is 3.49. The van der Waals surface area contributed by atoms with Crippen molar-refractivity contribution >= 4 is 45.2 Å². The second-order valence-corrected chi connectivity index (χ2v) is 5.38. The minimum atomic E-state index is -1.10. The monoisotopic (exact) mass is 332 g/mol. The predicted molar refractivity (Wildman–Crippen MR) is 70.9 cm³/mol. The van der Waals surface area contributed by atoms with Crippen molar-refractivity contribution in [1.82, 2.24) is 5.32 Å². The molecule has 1 aromatic carbocycles. The molecule has 0 aliphatic heterocycles. The van der Waals surface area contributed by atoms with Crippen LogP contribution in [0, 0.1) is 0 Å². The van der Waals surface area contributed by atoms with E-state index < -0.39 is 17.5 Å². The van der Waals surface area contributed by atoms with Gasteiger partial charge in [-0.05, 0) is 47.0 Å². The molecule has 0 atom stereocenters. The van der Waals surface area contributed by atoms with Crippen molar-refractivity contribution in [2.45, 2.75) is 18.4 Å². The zero-order valence-electron chi connectivity index (χ0n) is 9.17. The van der Waals surface area contributed by atoms with Crippen molar-refractivity contribution in [3.8, 4) is 0 Å². The number of amides is 2. The molecule has 0 saturated heterocycles. The molecule has 2 amide bonds. The number of anilines is 1. The van der Waals surface area contributed by atoms with Crippen LogP contribution in [-0.4, -0.2) is 22.6 Å². The van der Waals surface area contributed by atoms with Crippen LogP contribution < -0.4 is 10.6 Å². The molecular weight excluding hydrogens is 323 g/mol. The van der Waals surface area contributed by atoms with E-state index in [2.05, 4.69) is 26.6 Å². The summed E-state index contributed by atoms with van der Waals surface area (Å²) in [5, 5.41) is 14.4. The highest BCUT2D eigenvalue weighted by molar-refractivity contribution is 9.10. The zero-order valence-corrected chi connectivity index (χ0v) is 11.5. The summed E-state index contributed by atoms with van der Waals surface area (Å²) in [6, 6.07) is 4.39. The Balaban J connectivity index is 2.04. The van der Waals surface area contributed by atoms with E-state index in [0.29, 0.717) is 28.0 Å². The third-order valence-corrected chi connectivity index (χ3v) is 3.62. The van der Waals surface area contributed by atoms with Crippen molar-refractivity contribution in [3.63, 3.8) is 0 Å². The van der Waals surface area contributed by atoms with Crippen molar-refractivity contribution in [3.05, 3.63) is 27.7 Å². The number of nitrogens with one attached hydrogen (secondary N) is 2. The number of carbonyl (C=O) groups is 2. The first-order valence-electron chi connectivity index (χ1n) is 5.20. The SMILES string of the molecule is O=C(Nc1cc(Cl)ccc1Br)NC1(C(=O)O)CC1. The molecular formula is C11H10BrClN2O3. The summed E-state index contributed by atoms with van der Waals surface area (Å²) in [5.41, 5.74) is -0.615. The third kappa shape index (κ3) is 2.76. The maximum absolute atomic E-state index is 11.7. The highest BCUT2D eigenvalue weighted by Crippen LogP contribution is 2.35. The lowest BCUT2D eigenvalue weighted by Gasteiger charge is -2.14. The minimum absolute atomic E-state index is 0.451. The Morgan fingerprint density at radius 2 is 2.06 bits per heavy atom. The molecule has 2 rings (SSSR count). The van der Waals surface area contributed by atoms with Crippen LogP contribution in [0.4, 0.5) is 10.5 Å². The van der Waals surface area contributed by atoms with Gasteiger partial charge in [-0.15, -0.1) is 0 Å². The molecule has 1 aliphatic carbocycles. The average Bonchev–Trinajstić information content (AvgIpc) is 3.04. The van der Waals surface area contributed by atoms with Gasteiger partial charge in [-0.2, -0.15) is 0 Å². The molecule has 18 heavy (non-hydrogen) atoms. The topological polar surface area (TPSA) is 78.4 Å². The Morgan fingerprint density at radius 3 is 2.61 bits per heavy atom. The molecule has 1 saturated carbocycles. The van der Waals surface area contributed by atoms with E-state index in [9.17, 15) is 9.59 Å². The van der Waals surface area contributed by atoms with Gasteiger partial charge < -0.3 is 15.7 Å². The lowest BCUT2D eigenvalue weighted by Crippen LogP contribution is -2.45. The zero-order chi connectivity index (χ0) is 13.3. The molecule has 0 bridgehead atoms. The van der Waals surface area contributed by atoms with Gasteiger partial charge >= 0.3 is 12.0 Å². The standard InChI is InChI=1S/C11H10BrClN2O3/c12-7-2-1-6(13)5-8(7)14-10(18)15-11(3-4-11)9(16)17/h1-2,5H,3-4H2,(H,16,17)(H2,14,15,18). The van der Waals surface area contributed by atoms with E-state index in [1.165, 1.54) is 0 Å². The van der Waals surface area contributed by atoms with Crippen LogP contribution >= 0.6 is 27.5 Å². The number of urea groups is 1. The van der Waals surface area contributed by atoms with Crippen LogP contribution in [-0.2, 0) is 4.79 Å². The Labute approximate surface area is 117 Å². The number of rotatable bonds is 3. The molecule has 0 spiro atoms. The number of halogens is 2. The van der Waals surface area contributed by atoms with Crippen LogP contribution in [0.15, 0.2) is 22.7 Å². The van der Waals surface area contributed by atoms with Crippen LogP contribution in [0.25, 0.3) is 0 Å². The molecule has 0 radical (unpaired) electrons. The molecule has 0 aromatic heterocycles. The van der Waals surface area contributed by atoms with Gasteiger partial charge in [0.15, 0.2) is 0 Å². The summed E-state index contributed by atoms with van der Waals surface area (Å²) in [7, 11) is 0. The van der Waals surface area contributed by atoms with Crippen molar-refractivity contribution in [2.24, 2.45) is 0 Å². The van der Waals surface area contributed by atoms with E-state index in [0.717, 1.165) is 0 Å². The van der Waals surface area contributed by atoms with Crippen LogP contribution in [0.5, 0.6) is 0 Å². The number of benzene rings is 1. The van der Waals surface area contributed by atoms with Gasteiger partial charge in [0.1, 0.15) is 5.54 Å². The number of hydrogen-bond acceptors (Lipinski definition) is 2. The Hall–Kier alpha value is -1.27. The van der Waals surface area contributed by atoms with Crippen molar-refractivity contribution < 1.29 is 14.7 Å². The molecule has 3 N–H and O–H groups in total. The highest BCUT2D eigenvalue weighted by Gasteiger charge is 2.51. The van der Waals surface area contributed by atoms with E-state index in [4.69, 9.17) is 16.7 Å². The summed E-state index contributed by atoms with van der Waals surface area (Å²) >= 11 is 9.08. The normalized spacial score (nSPS) is 15.9. The van der Waals surface area contributed by atoms with Crippen LogP contribution in [0.2, 0.25) is 5.02 Å². The lowest BCUT2D eigenvalue weighted by molar-refractivity contribution is -0.140. The first-order valence-corrected chi connectivity index (χ1v) is 6.38. The minimum Gasteiger partial charge on any atom is -0.480 e. The van der Waals surface area contributed by atoms with Gasteiger partial charge in [-0.1, -0.05) is 11.6 Å². The van der Waals surface area contributed by atoms with Crippen LogP contribution in [0.1, 0.15) is 12.8 Å². The summed E-state index contributed by atoms with van der Waals surface area (Å²) < 4.78 is 0.669. The predicted octanol–water partition coefficient (Wildman–Crippen LogP) is 2.84. The number of hydrogen-bond donors (Lipinski definition) is 3. The van der Waals surface area contributed by atoms with Gasteiger partial charge in [0.25, 0.3) is 0 Å². The first kappa shape index (κ1) is 13.2. The van der Waals surface area contributed by atoms with Crippen LogP contribution in [0.3, 0.4) is 0 Å². The fourth-order valence-corrected chi connectivity index (χ4v) is 2.00. The fraction of sp³-hybridized carbons (Fsp3) is 0.273. The molecule has 5 nitrogen and oxygen atoms in total. The van der Waals surface area contributed by atoms with E-state index in [-0.39, 0.29) is 0 Å². The molecule has 7 heteroatoms. The van der Waals surface area contributed by atoms with Gasteiger partial charge in [-0.3, -0.25) is 0 Å². The number of carboxylic acid groups (broad SMARTS) is 1. The summed E-state index contributed by atoms with van der Waals surface area (Å²) in [4.78, 5) is 22.6. The highest BCUT2D eigenvalue weighted by atomic mass is 79.9. The second kappa shape index (κ2) is 4.78. The van der Waals surface area contributed by atoms with Gasteiger partial charge in [0, 0.05) is 9.50 Å². The van der Waals surface area contributed by atoms with E-state index in [1.807, 2.05) is 0 Å². The number of carboxylic acids is 1. The molecule has 96 valence electrons. The smallest absolute Gasteiger partial charge is 0.329 e. The largest absolute Gasteiger partial charge is 0.480 e. The second-order valence-electron chi connectivity index (χ2n) is 4.09. The quantitative estimate of drug-likeness (QED) is 0.796. The maximum Gasteiger partial charge on any atom is 0.329 e. The van der Waals surface area contributed by atoms with Crippen molar-refractivity contribution in [1.29, 1.82) is 0 Å². The van der Waals surface area contributed by atoms with E-state index >= 15 is 0 Å². The van der Waals surface area contributed by atoms with E-state index in [1.54, 1.807) is 18.2 Å². The third-order valence-electron chi connectivity index (χ3n) is 2.69. The number of carbonyl (C=O) groups excluding carboxylic acids is 1. The molecule has 1 fully saturated rings. The molecule has 0 heterocycles. The summed E-state index contributed by atoms with van der Waals surface area (Å²) in [5.74, 6) is -1.01. The molecule has 1 aliphatic rings. The van der Waals surface area contributed by atoms with Gasteiger partial charge in [-0.25, -0.2) is 9.59 Å². The average molecular weight is 334 g/mol. The maximum atomic E-state index is 11.7. The lowest BCUT2D eigenvalue weighted by atomic mass is 10.3. The van der Waals surface area contributed by atoms with Gasteiger partial charge in [0.2, 0.25) is 0 Å². The molecule has 0 unspecified atom stereocenters. The first-order chi connectivity index (χ1) is 8.43. The van der Waals surface area contributed by atoms with Crippen molar-refractivity contribution in [2.75, 3.05) is 5.32 Å². The summed E-state index contributed by atoms with van der Waals surface area (Å²) in [6.45, 7) is 0.